The first-order valence-electron chi connectivity index (χ1n) is 3.21. The first-order chi connectivity index (χ1) is 5.42. The fourth-order valence-electron chi connectivity index (χ4n) is 0.973. The van der Waals surface area contributed by atoms with Gasteiger partial charge in [-0.25, -0.2) is 4.98 Å². The molecule has 55 valence electrons. The largest absolute Gasteiger partial charge is 0.493 e. The van der Waals surface area contributed by atoms with E-state index in [-0.39, 0.29) is 0 Å². The van der Waals surface area contributed by atoms with Gasteiger partial charge in [0, 0.05) is 0 Å². The topological polar surface area (TPSA) is 35.3 Å². The van der Waals surface area contributed by atoms with Crippen LogP contribution in [0.1, 0.15) is 0 Å². The quantitative estimate of drug-likeness (QED) is 0.616. The molecule has 0 bridgehead atoms. The molecule has 0 fully saturated rings. The van der Waals surface area contributed by atoms with E-state index in [0.717, 1.165) is 5.52 Å². The second-order valence-corrected chi connectivity index (χ2v) is 2.11. The van der Waals surface area contributed by atoms with Crippen molar-refractivity contribution in [3.63, 3.8) is 0 Å². The van der Waals surface area contributed by atoms with Crippen LogP contribution in [0.3, 0.4) is 0 Å². The second-order valence-electron chi connectivity index (χ2n) is 2.11. The third kappa shape index (κ3) is 0.852. The van der Waals surface area contributed by atoms with E-state index < -0.39 is 0 Å². The molecule has 1 radical (unpaired) electrons. The molecule has 0 amide bonds. The number of aromatic nitrogens is 1. The molecule has 2 aromatic rings. The number of hydrogen-bond acceptors (Lipinski definition) is 3. The van der Waals surface area contributed by atoms with Crippen LogP contribution in [0.4, 0.5) is 0 Å². The summed E-state index contributed by atoms with van der Waals surface area (Å²) >= 11 is 0. The van der Waals surface area contributed by atoms with Crippen molar-refractivity contribution in [2.45, 2.75) is 0 Å². The van der Waals surface area contributed by atoms with Gasteiger partial charge in [0.1, 0.15) is 5.52 Å². The standard InChI is InChI=1S/C8H6NO2/c1-10-7-4-2-3-6-8(7)11-5-9-6/h2-4H,1H3. The minimum absolute atomic E-state index is 0.648. The number of hydrogen-bond donors (Lipinski definition) is 0. The van der Waals surface area contributed by atoms with Crippen molar-refractivity contribution in [3.8, 4) is 5.75 Å². The van der Waals surface area contributed by atoms with Crippen molar-refractivity contribution in [2.75, 3.05) is 7.11 Å². The third-order valence-corrected chi connectivity index (χ3v) is 1.49. The second kappa shape index (κ2) is 2.27. The number of ether oxygens (including phenoxy) is 1. The van der Waals surface area contributed by atoms with Gasteiger partial charge in [-0.15, -0.1) is 0 Å². The number of para-hydroxylation sites is 1. The van der Waals surface area contributed by atoms with E-state index in [1.807, 2.05) is 18.2 Å². The van der Waals surface area contributed by atoms with Gasteiger partial charge >= 0.3 is 0 Å². The fourth-order valence-corrected chi connectivity index (χ4v) is 0.973. The number of oxazole rings is 1. The molecule has 0 aliphatic rings. The van der Waals surface area contributed by atoms with E-state index in [1.165, 1.54) is 0 Å². The number of benzene rings is 1. The van der Waals surface area contributed by atoms with Crippen LogP contribution in [0, 0.1) is 6.39 Å². The zero-order valence-corrected chi connectivity index (χ0v) is 6.00. The van der Waals surface area contributed by atoms with E-state index >= 15 is 0 Å². The van der Waals surface area contributed by atoms with Crippen LogP contribution in [0.25, 0.3) is 11.1 Å². The molecule has 1 heterocycles. The lowest BCUT2D eigenvalue weighted by Crippen LogP contribution is -1.81. The maximum Gasteiger partial charge on any atom is 0.284 e. The lowest BCUT2D eigenvalue weighted by Gasteiger charge is -1.96. The molecule has 0 N–H and O–H groups in total. The number of methoxy groups -OCH3 is 1. The minimum Gasteiger partial charge on any atom is -0.493 e. The molecule has 0 saturated carbocycles. The summed E-state index contributed by atoms with van der Waals surface area (Å²) < 4.78 is 10.0. The normalized spacial score (nSPS) is 10.3. The Labute approximate surface area is 63.6 Å². The molecule has 3 heteroatoms. The van der Waals surface area contributed by atoms with Gasteiger partial charge in [-0.2, -0.15) is 0 Å². The van der Waals surface area contributed by atoms with Crippen LogP contribution in [-0.2, 0) is 0 Å². The fraction of sp³-hybridized carbons (Fsp3) is 0.125. The zero-order chi connectivity index (χ0) is 7.68. The molecular weight excluding hydrogens is 142 g/mol. The summed E-state index contributed by atoms with van der Waals surface area (Å²) in [5.41, 5.74) is 1.42. The van der Waals surface area contributed by atoms with E-state index in [2.05, 4.69) is 11.4 Å². The maximum absolute atomic E-state index is 5.03. The first-order valence-corrected chi connectivity index (χ1v) is 3.21. The van der Waals surface area contributed by atoms with Crippen molar-refractivity contribution >= 4 is 11.1 Å². The van der Waals surface area contributed by atoms with Crippen LogP contribution in [0.15, 0.2) is 22.6 Å². The van der Waals surface area contributed by atoms with Gasteiger partial charge < -0.3 is 9.15 Å². The van der Waals surface area contributed by atoms with Gasteiger partial charge in [0.15, 0.2) is 11.3 Å². The lowest BCUT2D eigenvalue weighted by molar-refractivity contribution is 0.409. The van der Waals surface area contributed by atoms with Crippen molar-refractivity contribution in [2.24, 2.45) is 0 Å². The van der Waals surface area contributed by atoms with Gasteiger partial charge in [0.25, 0.3) is 6.39 Å². The highest BCUT2D eigenvalue weighted by atomic mass is 16.5. The molecule has 11 heavy (non-hydrogen) atoms. The Morgan fingerprint density at radius 2 is 2.45 bits per heavy atom. The van der Waals surface area contributed by atoms with Crippen molar-refractivity contribution in [1.29, 1.82) is 0 Å². The van der Waals surface area contributed by atoms with Gasteiger partial charge in [-0.05, 0) is 12.1 Å². The molecule has 2 rings (SSSR count). The van der Waals surface area contributed by atoms with E-state index in [0.29, 0.717) is 11.3 Å². The van der Waals surface area contributed by atoms with Crippen LogP contribution in [0.5, 0.6) is 5.75 Å². The van der Waals surface area contributed by atoms with Crippen molar-refractivity contribution < 1.29 is 9.15 Å². The molecule has 3 nitrogen and oxygen atoms in total. The first kappa shape index (κ1) is 6.22. The van der Waals surface area contributed by atoms with Crippen LogP contribution in [0.2, 0.25) is 0 Å². The molecular formula is C8H6NO2. The predicted molar refractivity (Wildman–Crippen MR) is 39.4 cm³/mol. The van der Waals surface area contributed by atoms with E-state index in [9.17, 15) is 0 Å². The predicted octanol–water partition coefficient (Wildman–Crippen LogP) is 1.64. The zero-order valence-electron chi connectivity index (χ0n) is 6.00. The highest BCUT2D eigenvalue weighted by molar-refractivity contribution is 5.78. The van der Waals surface area contributed by atoms with Gasteiger partial charge in [-0.1, -0.05) is 6.07 Å². The molecule has 1 aromatic heterocycles. The average molecular weight is 148 g/mol. The molecule has 0 atom stereocenters. The Morgan fingerprint density at radius 1 is 1.55 bits per heavy atom. The lowest BCUT2D eigenvalue weighted by atomic mass is 10.3. The summed E-state index contributed by atoms with van der Waals surface area (Å²) in [7, 11) is 1.59. The smallest absolute Gasteiger partial charge is 0.284 e. The highest BCUT2D eigenvalue weighted by Gasteiger charge is 2.03. The van der Waals surface area contributed by atoms with Crippen molar-refractivity contribution in [1.82, 2.24) is 4.98 Å². The Hall–Kier alpha value is -1.51. The Kier molecular flexibility index (Phi) is 1.28. The van der Waals surface area contributed by atoms with Crippen LogP contribution < -0.4 is 4.74 Å². The van der Waals surface area contributed by atoms with Gasteiger partial charge in [0.05, 0.1) is 7.11 Å². The third-order valence-electron chi connectivity index (χ3n) is 1.49. The number of nitrogens with zero attached hydrogens (tertiary/aromatic N) is 1. The average Bonchev–Trinajstić information content (AvgIpc) is 2.50. The highest BCUT2D eigenvalue weighted by Crippen LogP contribution is 2.23. The summed E-state index contributed by atoms with van der Waals surface area (Å²) in [5, 5.41) is 0. The Balaban J connectivity index is 2.79. The number of rotatable bonds is 1. The van der Waals surface area contributed by atoms with E-state index in [1.54, 1.807) is 7.11 Å². The molecule has 0 aliphatic heterocycles. The minimum atomic E-state index is 0.648. The molecule has 0 spiro atoms. The SMILES string of the molecule is COc1cccc2n[c]oc12. The summed E-state index contributed by atoms with van der Waals surface area (Å²) in [6, 6.07) is 5.52. The Morgan fingerprint density at radius 3 is 3.27 bits per heavy atom. The van der Waals surface area contributed by atoms with Gasteiger partial charge in [0.2, 0.25) is 0 Å². The Bertz CT molecular complexity index is 367. The summed E-state index contributed by atoms with van der Waals surface area (Å²) in [6.45, 7) is 0. The van der Waals surface area contributed by atoms with E-state index in [4.69, 9.17) is 9.15 Å². The van der Waals surface area contributed by atoms with Crippen LogP contribution >= 0.6 is 0 Å². The monoisotopic (exact) mass is 148 g/mol. The molecule has 0 saturated heterocycles. The number of fused-ring (bicyclic) bond motifs is 1. The summed E-state index contributed by atoms with van der Waals surface area (Å²) in [6.07, 6.45) is 2.41. The molecule has 1 aromatic carbocycles. The van der Waals surface area contributed by atoms with Gasteiger partial charge in [-0.3, -0.25) is 0 Å². The summed E-state index contributed by atoms with van der Waals surface area (Å²) in [5.74, 6) is 0.691. The summed E-state index contributed by atoms with van der Waals surface area (Å²) in [4.78, 5) is 3.86. The van der Waals surface area contributed by atoms with Crippen LogP contribution in [-0.4, -0.2) is 12.1 Å². The van der Waals surface area contributed by atoms with Crippen molar-refractivity contribution in [3.05, 3.63) is 24.6 Å². The maximum atomic E-state index is 5.03. The molecule has 0 unspecified atom stereocenters. The molecule has 0 aliphatic carbocycles.